The zero-order chi connectivity index (χ0) is 19.5. The van der Waals surface area contributed by atoms with Crippen LogP contribution in [0.4, 0.5) is 0 Å². The minimum atomic E-state index is -2.07. The van der Waals surface area contributed by atoms with E-state index in [0.717, 1.165) is 24.5 Å². The van der Waals surface area contributed by atoms with Gasteiger partial charge in [-0.2, -0.15) is 0 Å². The Morgan fingerprint density at radius 3 is 2.35 bits per heavy atom. The van der Waals surface area contributed by atoms with Crippen molar-refractivity contribution in [2.45, 2.75) is 25.9 Å². The smallest absolute Gasteiger partial charge is 0.351 e. The molecule has 0 radical (unpaired) electrons. The first-order valence-electron chi connectivity index (χ1n) is 7.91. The highest BCUT2D eigenvalue weighted by Crippen LogP contribution is 2.20. The normalized spacial score (nSPS) is 11.0. The molecule has 140 valence electrons. The number of carboxylic acid groups (broad SMARTS) is 2. The molecular weight excluding hydrogens is 338 g/mol. The van der Waals surface area contributed by atoms with Crippen molar-refractivity contribution in [1.29, 1.82) is 0 Å². The fraction of sp³-hybridized carbons (Fsp3) is 0.263. The Bertz CT molecular complexity index is 694. The van der Waals surface area contributed by atoms with Gasteiger partial charge in [0.1, 0.15) is 18.3 Å². The second-order valence-electron chi connectivity index (χ2n) is 5.65. The highest BCUT2D eigenvalue weighted by molar-refractivity contribution is 6.26. The van der Waals surface area contributed by atoms with E-state index in [1.807, 2.05) is 24.3 Å². The molecule has 1 atom stereocenters. The van der Waals surface area contributed by atoms with E-state index < -0.39 is 11.9 Å². The molecule has 2 rings (SSSR count). The van der Waals surface area contributed by atoms with Gasteiger partial charge >= 0.3 is 5.97 Å². The predicted molar refractivity (Wildman–Crippen MR) is 92.1 cm³/mol. The Kier molecular flexibility index (Phi) is 8.66. The summed E-state index contributed by atoms with van der Waals surface area (Å²) < 4.78 is 10.6. The van der Waals surface area contributed by atoms with Crippen molar-refractivity contribution in [3.05, 3.63) is 66.1 Å². The molecule has 0 aliphatic rings. The molecule has 0 bridgehead atoms. The number of rotatable bonds is 7. The van der Waals surface area contributed by atoms with Gasteiger partial charge in [-0.1, -0.05) is 12.2 Å². The summed E-state index contributed by atoms with van der Waals surface area (Å²) in [6.07, 6.45) is 2.66. The molecule has 3 N–H and O–H groups in total. The SMILES string of the molecule is C=C(C)CC([NH2+]Cc1ccco1)c1ccc(OC)cc1.O=C([O-])C(=O)O. The van der Waals surface area contributed by atoms with Crippen LogP contribution in [0, 0.1) is 0 Å². The minimum Gasteiger partial charge on any atom is -0.539 e. The molecule has 0 aliphatic carbocycles. The number of quaternary nitrogens is 1. The standard InChI is InChI=1S/C17H21NO2.C2H2O4/c1-13(2)11-17(18-12-16-5-4-10-20-16)14-6-8-15(19-3)9-7-14;3-1(4)2(5)6/h4-10,17-18H,1,11-12H2,2-3H3;(H,3,4)(H,5,6). The van der Waals surface area contributed by atoms with Gasteiger partial charge in [-0.3, -0.25) is 0 Å². The van der Waals surface area contributed by atoms with Gasteiger partial charge in [0.15, 0.2) is 11.7 Å². The molecule has 0 fully saturated rings. The topological polar surface area (TPSA) is 116 Å². The number of nitrogens with two attached hydrogens (primary N) is 1. The molecule has 0 spiro atoms. The van der Waals surface area contributed by atoms with Crippen molar-refractivity contribution < 1.29 is 34.3 Å². The van der Waals surface area contributed by atoms with Gasteiger partial charge in [0.25, 0.3) is 0 Å². The van der Waals surface area contributed by atoms with Crippen LogP contribution in [0.1, 0.15) is 30.7 Å². The van der Waals surface area contributed by atoms with Gasteiger partial charge < -0.3 is 29.5 Å². The maximum Gasteiger partial charge on any atom is 0.351 e. The molecular formula is C19H23NO6. The summed E-state index contributed by atoms with van der Waals surface area (Å²) in [5.41, 5.74) is 2.46. The number of carbonyl (C=O) groups excluding carboxylic acids is 1. The number of furan rings is 1. The summed E-state index contributed by atoms with van der Waals surface area (Å²) in [5, 5.41) is 18.6. The molecule has 2 aromatic rings. The number of aliphatic carboxylic acids is 2. The number of carboxylic acids is 2. The van der Waals surface area contributed by atoms with Crippen LogP contribution in [0.5, 0.6) is 5.75 Å². The third kappa shape index (κ3) is 7.67. The number of hydrogen-bond acceptors (Lipinski definition) is 5. The third-order valence-electron chi connectivity index (χ3n) is 3.47. The largest absolute Gasteiger partial charge is 0.539 e. The van der Waals surface area contributed by atoms with Gasteiger partial charge in [-0.05, 0) is 43.3 Å². The second-order valence-corrected chi connectivity index (χ2v) is 5.65. The highest BCUT2D eigenvalue weighted by atomic mass is 16.5. The monoisotopic (exact) mass is 361 g/mol. The van der Waals surface area contributed by atoms with Crippen molar-refractivity contribution in [2.75, 3.05) is 7.11 Å². The van der Waals surface area contributed by atoms with Crippen LogP contribution in [-0.4, -0.2) is 24.2 Å². The first-order valence-corrected chi connectivity index (χ1v) is 7.91. The number of methoxy groups -OCH3 is 1. The van der Waals surface area contributed by atoms with Crippen molar-refractivity contribution in [2.24, 2.45) is 0 Å². The molecule has 1 aromatic heterocycles. The quantitative estimate of drug-likeness (QED) is 0.559. The molecule has 26 heavy (non-hydrogen) atoms. The van der Waals surface area contributed by atoms with Gasteiger partial charge in [0.2, 0.25) is 0 Å². The molecule has 1 unspecified atom stereocenters. The predicted octanol–water partition coefficient (Wildman–Crippen LogP) is 0.880. The maximum atomic E-state index is 9.04. The summed E-state index contributed by atoms with van der Waals surface area (Å²) in [4.78, 5) is 18.0. The molecule has 0 saturated heterocycles. The molecule has 1 aromatic carbocycles. The van der Waals surface area contributed by atoms with Crippen LogP contribution in [0.3, 0.4) is 0 Å². The van der Waals surface area contributed by atoms with Crippen molar-refractivity contribution in [3.63, 3.8) is 0 Å². The lowest BCUT2D eigenvalue weighted by molar-refractivity contribution is -0.712. The zero-order valence-corrected chi connectivity index (χ0v) is 14.8. The second kappa shape index (κ2) is 10.7. The van der Waals surface area contributed by atoms with Gasteiger partial charge in [-0.25, -0.2) is 4.79 Å². The van der Waals surface area contributed by atoms with Gasteiger partial charge in [-0.15, -0.1) is 0 Å². The average Bonchev–Trinajstić information content (AvgIpc) is 3.12. The van der Waals surface area contributed by atoms with Crippen LogP contribution in [0.15, 0.2) is 59.2 Å². The molecule has 1 heterocycles. The average molecular weight is 361 g/mol. The Morgan fingerprint density at radius 2 is 1.92 bits per heavy atom. The molecule has 7 nitrogen and oxygen atoms in total. The number of benzene rings is 1. The molecule has 0 aliphatic heterocycles. The molecule has 7 heteroatoms. The minimum absolute atomic E-state index is 0.350. The van der Waals surface area contributed by atoms with Gasteiger partial charge in [0.05, 0.1) is 13.4 Å². The van der Waals surface area contributed by atoms with E-state index in [4.69, 9.17) is 29.0 Å². The fourth-order valence-corrected chi connectivity index (χ4v) is 2.25. The Hall–Kier alpha value is -3.06. The van der Waals surface area contributed by atoms with E-state index >= 15 is 0 Å². The third-order valence-corrected chi connectivity index (χ3v) is 3.47. The molecule has 0 saturated carbocycles. The summed E-state index contributed by atoms with van der Waals surface area (Å²) in [7, 11) is 1.68. The lowest BCUT2D eigenvalue weighted by Crippen LogP contribution is -2.83. The fourth-order valence-electron chi connectivity index (χ4n) is 2.25. The van der Waals surface area contributed by atoms with E-state index in [1.54, 1.807) is 13.4 Å². The van der Waals surface area contributed by atoms with E-state index in [0.29, 0.717) is 6.04 Å². The van der Waals surface area contributed by atoms with E-state index in [1.165, 1.54) is 11.1 Å². The highest BCUT2D eigenvalue weighted by Gasteiger charge is 2.15. The first-order chi connectivity index (χ1) is 12.3. The van der Waals surface area contributed by atoms with Crippen molar-refractivity contribution in [3.8, 4) is 5.75 Å². The van der Waals surface area contributed by atoms with Crippen LogP contribution < -0.4 is 15.2 Å². The van der Waals surface area contributed by atoms with Crippen molar-refractivity contribution in [1.82, 2.24) is 0 Å². The van der Waals surface area contributed by atoms with Crippen LogP contribution in [0.2, 0.25) is 0 Å². The van der Waals surface area contributed by atoms with E-state index in [-0.39, 0.29) is 0 Å². The van der Waals surface area contributed by atoms with E-state index in [9.17, 15) is 0 Å². The zero-order valence-electron chi connectivity index (χ0n) is 14.8. The summed E-state index contributed by atoms with van der Waals surface area (Å²) in [6, 6.07) is 12.5. The number of carbonyl (C=O) groups is 2. The Labute approximate surface area is 151 Å². The first kappa shape index (κ1) is 21.0. The number of ether oxygens (including phenoxy) is 1. The molecule has 0 amide bonds. The van der Waals surface area contributed by atoms with Crippen LogP contribution in [-0.2, 0) is 16.1 Å². The number of hydrogen-bond donors (Lipinski definition) is 2. The van der Waals surface area contributed by atoms with Gasteiger partial charge in [0, 0.05) is 12.0 Å². The van der Waals surface area contributed by atoms with Crippen LogP contribution in [0.25, 0.3) is 0 Å². The van der Waals surface area contributed by atoms with Crippen molar-refractivity contribution >= 4 is 11.9 Å². The Balaban J connectivity index is 0.000000487. The maximum absolute atomic E-state index is 9.04. The summed E-state index contributed by atoms with van der Waals surface area (Å²) >= 11 is 0. The lowest BCUT2D eigenvalue weighted by Gasteiger charge is -2.16. The summed E-state index contributed by atoms with van der Waals surface area (Å²) in [6.45, 7) is 6.93. The summed E-state index contributed by atoms with van der Waals surface area (Å²) in [5.74, 6) is -2.14. The Morgan fingerprint density at radius 1 is 1.31 bits per heavy atom. The lowest BCUT2D eigenvalue weighted by atomic mass is 10.00. The van der Waals surface area contributed by atoms with E-state index in [2.05, 4.69) is 31.0 Å². The van der Waals surface area contributed by atoms with Crippen LogP contribution >= 0.6 is 0 Å².